The van der Waals surface area contributed by atoms with Crippen molar-refractivity contribution in [2.75, 3.05) is 0 Å². The van der Waals surface area contributed by atoms with Crippen molar-refractivity contribution < 1.29 is 21.8 Å². The summed E-state index contributed by atoms with van der Waals surface area (Å²) in [4.78, 5) is 14.5. The van der Waals surface area contributed by atoms with Crippen LogP contribution in [0.1, 0.15) is 25.0 Å². The summed E-state index contributed by atoms with van der Waals surface area (Å²) >= 11 is 0. The minimum atomic E-state index is -4.10. The number of halogens is 1. The van der Waals surface area contributed by atoms with Gasteiger partial charge in [-0.1, -0.05) is 42.5 Å². The van der Waals surface area contributed by atoms with Gasteiger partial charge in [-0.05, 0) is 61.4 Å². The lowest BCUT2D eigenvalue weighted by Crippen LogP contribution is -2.37. The van der Waals surface area contributed by atoms with Gasteiger partial charge in [-0.2, -0.15) is 8.42 Å². The van der Waals surface area contributed by atoms with Gasteiger partial charge in [0.2, 0.25) is 5.91 Å². The third-order valence-corrected chi connectivity index (χ3v) is 5.96. The molecule has 162 valence electrons. The van der Waals surface area contributed by atoms with E-state index in [9.17, 15) is 17.6 Å². The lowest BCUT2D eigenvalue weighted by Gasteiger charge is -2.27. The molecule has 0 aliphatic rings. The second-order valence-corrected chi connectivity index (χ2v) is 8.96. The molecule has 0 radical (unpaired) electrons. The van der Waals surface area contributed by atoms with Crippen molar-refractivity contribution >= 4 is 16.0 Å². The number of rotatable bonds is 8. The third kappa shape index (κ3) is 6.15. The number of amides is 1. The van der Waals surface area contributed by atoms with Gasteiger partial charge in [0.15, 0.2) is 0 Å². The van der Waals surface area contributed by atoms with Crippen LogP contribution < -0.4 is 4.18 Å². The van der Waals surface area contributed by atoms with Crippen LogP contribution >= 0.6 is 0 Å². The summed E-state index contributed by atoms with van der Waals surface area (Å²) in [5.41, 5.74) is 1.67. The molecule has 5 nitrogen and oxygen atoms in total. The van der Waals surface area contributed by atoms with Crippen molar-refractivity contribution in [3.63, 3.8) is 0 Å². The van der Waals surface area contributed by atoms with Crippen molar-refractivity contribution in [3.8, 4) is 5.75 Å². The zero-order chi connectivity index (χ0) is 22.4. The fourth-order valence-electron chi connectivity index (χ4n) is 3.10. The van der Waals surface area contributed by atoms with Crippen molar-refractivity contribution in [1.82, 2.24) is 4.90 Å². The van der Waals surface area contributed by atoms with E-state index in [1.807, 2.05) is 50.2 Å². The fraction of sp³-hybridized carbons (Fsp3) is 0.208. The maximum absolute atomic E-state index is 13.1. The van der Waals surface area contributed by atoms with Crippen LogP contribution in [0.2, 0.25) is 0 Å². The number of hydrogen-bond acceptors (Lipinski definition) is 4. The zero-order valence-corrected chi connectivity index (χ0v) is 18.2. The second kappa shape index (κ2) is 9.75. The normalized spacial score (nSPS) is 11.4. The first-order valence-electron chi connectivity index (χ1n) is 9.87. The average molecular weight is 442 g/mol. The highest BCUT2D eigenvalue weighted by molar-refractivity contribution is 7.87. The van der Waals surface area contributed by atoms with Gasteiger partial charge < -0.3 is 9.08 Å². The maximum Gasteiger partial charge on any atom is 0.339 e. The highest BCUT2D eigenvalue weighted by Gasteiger charge is 2.20. The smallest absolute Gasteiger partial charge is 0.339 e. The van der Waals surface area contributed by atoms with Crippen LogP contribution in [0.4, 0.5) is 4.39 Å². The van der Waals surface area contributed by atoms with Gasteiger partial charge >= 0.3 is 10.1 Å². The SMILES string of the molecule is CC(C)N(Cc1cccc(OS(=O)(=O)c2ccc(F)cc2)c1)C(=O)Cc1ccccc1. The lowest BCUT2D eigenvalue weighted by molar-refractivity contribution is -0.132. The average Bonchev–Trinajstić information content (AvgIpc) is 2.72. The molecule has 0 fully saturated rings. The van der Waals surface area contributed by atoms with Crippen LogP contribution in [0.15, 0.2) is 83.8 Å². The Hall–Kier alpha value is -3.19. The third-order valence-electron chi connectivity index (χ3n) is 4.70. The molecule has 3 aromatic carbocycles. The molecule has 0 spiro atoms. The molecule has 0 aromatic heterocycles. The molecule has 0 bridgehead atoms. The monoisotopic (exact) mass is 441 g/mol. The number of carbonyl (C=O) groups excluding carboxylic acids is 1. The van der Waals surface area contributed by atoms with E-state index < -0.39 is 15.9 Å². The fourth-order valence-corrected chi connectivity index (χ4v) is 4.02. The molecule has 3 rings (SSSR count). The first-order chi connectivity index (χ1) is 14.7. The van der Waals surface area contributed by atoms with Crippen LogP contribution in [0.25, 0.3) is 0 Å². The van der Waals surface area contributed by atoms with Gasteiger partial charge in [-0.25, -0.2) is 4.39 Å². The predicted molar refractivity (Wildman–Crippen MR) is 116 cm³/mol. The van der Waals surface area contributed by atoms with E-state index in [4.69, 9.17) is 4.18 Å². The highest BCUT2D eigenvalue weighted by Crippen LogP contribution is 2.22. The molecule has 0 heterocycles. The molecule has 0 N–H and O–H groups in total. The molecule has 0 saturated heterocycles. The molecule has 7 heteroatoms. The van der Waals surface area contributed by atoms with Crippen molar-refractivity contribution in [2.45, 2.75) is 37.8 Å². The maximum atomic E-state index is 13.1. The first kappa shape index (κ1) is 22.5. The Labute approximate surface area is 182 Å². The Balaban J connectivity index is 1.75. The molecular formula is C24H24FNO4S. The summed E-state index contributed by atoms with van der Waals surface area (Å²) in [6.07, 6.45) is 0.286. The van der Waals surface area contributed by atoms with Crippen molar-refractivity contribution in [2.24, 2.45) is 0 Å². The van der Waals surface area contributed by atoms with Crippen LogP contribution in [-0.2, 0) is 27.9 Å². The van der Waals surface area contributed by atoms with E-state index in [2.05, 4.69) is 0 Å². The molecule has 0 unspecified atom stereocenters. The van der Waals surface area contributed by atoms with Gasteiger partial charge in [0.25, 0.3) is 0 Å². The number of carbonyl (C=O) groups is 1. The summed E-state index contributed by atoms with van der Waals surface area (Å²) in [6, 6.07) is 20.5. The summed E-state index contributed by atoms with van der Waals surface area (Å²) in [6.45, 7) is 4.18. The van der Waals surface area contributed by atoms with E-state index in [1.165, 1.54) is 6.07 Å². The molecule has 0 saturated carbocycles. The second-order valence-electron chi connectivity index (χ2n) is 7.42. The number of benzene rings is 3. The Morgan fingerprint density at radius 3 is 2.23 bits per heavy atom. The van der Waals surface area contributed by atoms with Gasteiger partial charge in [0.05, 0.1) is 6.42 Å². The summed E-state index contributed by atoms with van der Waals surface area (Å²) < 4.78 is 43.2. The Morgan fingerprint density at radius 1 is 0.935 bits per heavy atom. The molecule has 0 aliphatic carbocycles. The zero-order valence-electron chi connectivity index (χ0n) is 17.4. The summed E-state index contributed by atoms with van der Waals surface area (Å²) in [5, 5.41) is 0. The number of hydrogen-bond donors (Lipinski definition) is 0. The molecule has 3 aromatic rings. The number of nitrogens with zero attached hydrogens (tertiary/aromatic N) is 1. The summed E-state index contributed by atoms with van der Waals surface area (Å²) in [5.74, 6) is -0.428. The largest absolute Gasteiger partial charge is 0.379 e. The van der Waals surface area contributed by atoms with E-state index in [0.717, 1.165) is 35.4 Å². The minimum Gasteiger partial charge on any atom is -0.379 e. The van der Waals surface area contributed by atoms with Gasteiger partial charge in [0.1, 0.15) is 16.5 Å². The standard InChI is InChI=1S/C24H24FNO4S/c1-18(2)26(24(27)16-19-7-4-3-5-8-19)17-20-9-6-10-22(15-20)30-31(28,29)23-13-11-21(25)12-14-23/h3-15,18H,16-17H2,1-2H3. The molecule has 0 atom stereocenters. The Kier molecular flexibility index (Phi) is 7.07. The molecule has 1 amide bonds. The summed E-state index contributed by atoms with van der Waals surface area (Å²) in [7, 11) is -4.10. The van der Waals surface area contributed by atoms with Gasteiger partial charge in [0, 0.05) is 12.6 Å². The lowest BCUT2D eigenvalue weighted by atomic mass is 10.1. The van der Waals surface area contributed by atoms with Crippen LogP contribution in [0.5, 0.6) is 5.75 Å². The minimum absolute atomic E-state index is 0.0218. The first-order valence-corrected chi connectivity index (χ1v) is 11.3. The topological polar surface area (TPSA) is 63.7 Å². The molecule has 0 aliphatic heterocycles. The van der Waals surface area contributed by atoms with Crippen molar-refractivity contribution in [1.29, 1.82) is 0 Å². The van der Waals surface area contributed by atoms with Crippen LogP contribution in [0, 0.1) is 5.82 Å². The molecular weight excluding hydrogens is 417 g/mol. The van der Waals surface area contributed by atoms with E-state index in [1.54, 1.807) is 17.0 Å². The van der Waals surface area contributed by atoms with Crippen LogP contribution in [-0.4, -0.2) is 25.3 Å². The van der Waals surface area contributed by atoms with Crippen molar-refractivity contribution in [3.05, 3.63) is 95.8 Å². The Morgan fingerprint density at radius 2 is 1.58 bits per heavy atom. The van der Waals surface area contributed by atoms with Crippen LogP contribution in [0.3, 0.4) is 0 Å². The van der Waals surface area contributed by atoms with Gasteiger partial charge in [-0.3, -0.25) is 4.79 Å². The predicted octanol–water partition coefficient (Wildman–Crippen LogP) is 4.57. The van der Waals surface area contributed by atoms with Gasteiger partial charge in [-0.15, -0.1) is 0 Å². The molecule has 31 heavy (non-hydrogen) atoms. The quantitative estimate of drug-likeness (QED) is 0.480. The Bertz CT molecular complexity index is 1130. The van der Waals surface area contributed by atoms with E-state index >= 15 is 0 Å². The highest BCUT2D eigenvalue weighted by atomic mass is 32.2. The van der Waals surface area contributed by atoms with E-state index in [0.29, 0.717) is 6.54 Å². The van der Waals surface area contributed by atoms with E-state index in [-0.39, 0.29) is 29.0 Å².